The van der Waals surface area contributed by atoms with Gasteiger partial charge in [-0.15, -0.1) is 11.3 Å². The van der Waals surface area contributed by atoms with Crippen LogP contribution in [0.4, 0.5) is 0 Å². The highest BCUT2D eigenvalue weighted by atomic mass is 32.2. The van der Waals surface area contributed by atoms with Gasteiger partial charge < -0.3 is 5.32 Å². The highest BCUT2D eigenvalue weighted by Crippen LogP contribution is 2.29. The van der Waals surface area contributed by atoms with E-state index in [1.807, 2.05) is 24.8 Å². The van der Waals surface area contributed by atoms with Crippen molar-refractivity contribution in [3.63, 3.8) is 0 Å². The third-order valence-corrected chi connectivity index (χ3v) is 8.25. The van der Waals surface area contributed by atoms with E-state index < -0.39 is 10.0 Å². The van der Waals surface area contributed by atoms with Gasteiger partial charge in [-0.05, 0) is 25.5 Å². The number of thiophene rings is 1. The second-order valence-corrected chi connectivity index (χ2v) is 10.1. The Kier molecular flexibility index (Phi) is 6.14. The summed E-state index contributed by atoms with van der Waals surface area (Å²) in [6.07, 6.45) is 0.879. The van der Waals surface area contributed by atoms with Crippen LogP contribution >= 0.6 is 23.1 Å². The van der Waals surface area contributed by atoms with E-state index in [1.54, 1.807) is 10.4 Å². The van der Waals surface area contributed by atoms with Gasteiger partial charge >= 0.3 is 0 Å². The molecule has 1 unspecified atom stereocenters. The summed E-state index contributed by atoms with van der Waals surface area (Å²) in [4.78, 5) is 1.13. The predicted molar refractivity (Wildman–Crippen MR) is 91.8 cm³/mol. The summed E-state index contributed by atoms with van der Waals surface area (Å²) in [6, 6.07) is 4.25. The van der Waals surface area contributed by atoms with E-state index in [2.05, 4.69) is 19.2 Å². The normalized spacial score (nSPS) is 21.0. The molecule has 1 saturated heterocycles. The second kappa shape index (κ2) is 7.46. The van der Waals surface area contributed by atoms with Gasteiger partial charge in [0.1, 0.15) is 4.21 Å². The molecule has 21 heavy (non-hydrogen) atoms. The van der Waals surface area contributed by atoms with Crippen LogP contribution in [0.5, 0.6) is 0 Å². The molecule has 1 fully saturated rings. The lowest BCUT2D eigenvalue weighted by Gasteiger charge is -2.31. The first-order valence-corrected chi connectivity index (χ1v) is 10.7. The van der Waals surface area contributed by atoms with E-state index in [0.29, 0.717) is 16.8 Å². The van der Waals surface area contributed by atoms with Crippen molar-refractivity contribution < 1.29 is 8.42 Å². The maximum atomic E-state index is 12.7. The van der Waals surface area contributed by atoms with Crippen molar-refractivity contribution in [2.45, 2.75) is 43.5 Å². The van der Waals surface area contributed by atoms with Crippen molar-refractivity contribution in [2.75, 3.05) is 24.6 Å². The van der Waals surface area contributed by atoms with Gasteiger partial charge in [-0.2, -0.15) is 16.1 Å². The van der Waals surface area contributed by atoms with Gasteiger partial charge in [0.05, 0.1) is 0 Å². The van der Waals surface area contributed by atoms with Crippen molar-refractivity contribution in [3.8, 4) is 0 Å². The zero-order chi connectivity index (χ0) is 15.5. The number of nitrogens with zero attached hydrogens (tertiary/aromatic N) is 1. The quantitative estimate of drug-likeness (QED) is 0.858. The standard InChI is InChI=1S/C14H24N2O2S3/c1-11(2)15-7-6-13-4-5-14(20-13)21(17,18)16-8-9-19-10-12(16)3/h4-5,11-12,15H,6-10H2,1-3H3. The van der Waals surface area contributed by atoms with Crippen LogP contribution in [0.1, 0.15) is 25.6 Å². The Morgan fingerprint density at radius 3 is 2.86 bits per heavy atom. The molecule has 1 aromatic heterocycles. The van der Waals surface area contributed by atoms with E-state index in [9.17, 15) is 8.42 Å². The average Bonchev–Trinajstić information content (AvgIpc) is 2.88. The molecule has 1 aromatic rings. The van der Waals surface area contributed by atoms with Crippen LogP contribution in [-0.2, 0) is 16.4 Å². The lowest BCUT2D eigenvalue weighted by atomic mass is 10.3. The van der Waals surface area contributed by atoms with E-state index in [-0.39, 0.29) is 6.04 Å². The van der Waals surface area contributed by atoms with E-state index in [1.165, 1.54) is 11.3 Å². The third kappa shape index (κ3) is 4.45. The lowest BCUT2D eigenvalue weighted by molar-refractivity contribution is 0.368. The van der Waals surface area contributed by atoms with Crippen LogP contribution in [0.15, 0.2) is 16.3 Å². The Balaban J connectivity index is 2.05. The Morgan fingerprint density at radius 1 is 1.43 bits per heavy atom. The topological polar surface area (TPSA) is 49.4 Å². The zero-order valence-corrected chi connectivity index (χ0v) is 15.3. The van der Waals surface area contributed by atoms with Crippen molar-refractivity contribution >= 4 is 33.1 Å². The highest BCUT2D eigenvalue weighted by molar-refractivity contribution is 7.99. The number of rotatable bonds is 6. The van der Waals surface area contributed by atoms with Gasteiger partial charge in [-0.25, -0.2) is 8.42 Å². The van der Waals surface area contributed by atoms with Gasteiger partial charge in [-0.1, -0.05) is 13.8 Å². The molecule has 0 saturated carbocycles. The molecule has 4 nitrogen and oxygen atoms in total. The van der Waals surface area contributed by atoms with E-state index in [4.69, 9.17) is 0 Å². The fraction of sp³-hybridized carbons (Fsp3) is 0.714. The molecule has 0 aliphatic carbocycles. The van der Waals surface area contributed by atoms with E-state index >= 15 is 0 Å². The van der Waals surface area contributed by atoms with Crippen LogP contribution in [0.25, 0.3) is 0 Å². The third-order valence-electron chi connectivity index (χ3n) is 3.43. The van der Waals surface area contributed by atoms with Crippen molar-refractivity contribution in [1.29, 1.82) is 0 Å². The zero-order valence-electron chi connectivity index (χ0n) is 12.8. The molecule has 0 spiro atoms. The fourth-order valence-electron chi connectivity index (χ4n) is 2.30. The minimum atomic E-state index is -3.31. The number of thioether (sulfide) groups is 1. The van der Waals surface area contributed by atoms with Crippen LogP contribution in [0.3, 0.4) is 0 Å². The Bertz CT molecular complexity index is 554. The SMILES string of the molecule is CC(C)NCCc1ccc(S(=O)(=O)N2CCSCC2C)s1. The maximum Gasteiger partial charge on any atom is 0.252 e. The smallest absolute Gasteiger partial charge is 0.252 e. The van der Waals surface area contributed by atoms with Crippen LogP contribution in [0, 0.1) is 0 Å². The average molecular weight is 349 g/mol. The first kappa shape index (κ1) is 17.3. The molecule has 0 radical (unpaired) electrons. The first-order chi connectivity index (χ1) is 9.91. The summed E-state index contributed by atoms with van der Waals surface area (Å²) < 4.78 is 27.6. The molecule has 1 aliphatic heterocycles. The number of sulfonamides is 1. The lowest BCUT2D eigenvalue weighted by Crippen LogP contribution is -2.44. The molecule has 1 N–H and O–H groups in total. The molecule has 0 bridgehead atoms. The molecule has 0 aromatic carbocycles. The van der Waals surface area contributed by atoms with Crippen molar-refractivity contribution in [1.82, 2.24) is 9.62 Å². The molecule has 120 valence electrons. The minimum Gasteiger partial charge on any atom is -0.314 e. The summed E-state index contributed by atoms with van der Waals surface area (Å²) in [7, 11) is -3.31. The first-order valence-electron chi connectivity index (χ1n) is 7.33. The summed E-state index contributed by atoms with van der Waals surface area (Å²) in [6.45, 7) is 7.72. The number of nitrogens with one attached hydrogen (secondary N) is 1. The van der Waals surface area contributed by atoms with Gasteiger partial charge in [0, 0.05) is 41.6 Å². The molecular weight excluding hydrogens is 324 g/mol. The van der Waals surface area contributed by atoms with E-state index in [0.717, 1.165) is 29.3 Å². The number of hydrogen-bond donors (Lipinski definition) is 1. The molecular formula is C14H24N2O2S3. The molecule has 2 rings (SSSR count). The molecule has 1 atom stereocenters. The largest absolute Gasteiger partial charge is 0.314 e. The molecule has 0 amide bonds. The molecule has 1 aliphatic rings. The summed E-state index contributed by atoms with van der Waals surface area (Å²) in [5.74, 6) is 1.77. The van der Waals surface area contributed by atoms with Gasteiger partial charge in [0.15, 0.2) is 0 Å². The number of hydrogen-bond acceptors (Lipinski definition) is 5. The van der Waals surface area contributed by atoms with Crippen LogP contribution < -0.4 is 5.32 Å². The van der Waals surface area contributed by atoms with Crippen molar-refractivity contribution in [3.05, 3.63) is 17.0 Å². The maximum absolute atomic E-state index is 12.7. The fourth-order valence-corrected chi connectivity index (χ4v) is 6.64. The Labute approximate surface area is 136 Å². The minimum absolute atomic E-state index is 0.0851. The Hall–Kier alpha value is -0.0800. The van der Waals surface area contributed by atoms with Crippen LogP contribution in [0.2, 0.25) is 0 Å². The van der Waals surface area contributed by atoms with Gasteiger partial charge in [0.2, 0.25) is 0 Å². The highest BCUT2D eigenvalue weighted by Gasteiger charge is 2.32. The summed E-state index contributed by atoms with van der Waals surface area (Å²) in [5.41, 5.74) is 0. The predicted octanol–water partition coefficient (Wildman–Crippen LogP) is 2.41. The summed E-state index contributed by atoms with van der Waals surface area (Å²) >= 11 is 3.24. The van der Waals surface area contributed by atoms with Gasteiger partial charge in [0.25, 0.3) is 10.0 Å². The summed E-state index contributed by atoms with van der Waals surface area (Å²) in [5, 5.41) is 3.36. The van der Waals surface area contributed by atoms with Crippen LogP contribution in [-0.4, -0.2) is 49.4 Å². The Morgan fingerprint density at radius 2 is 2.19 bits per heavy atom. The van der Waals surface area contributed by atoms with Gasteiger partial charge in [-0.3, -0.25) is 0 Å². The second-order valence-electron chi connectivity index (χ2n) is 5.62. The van der Waals surface area contributed by atoms with Crippen molar-refractivity contribution in [2.24, 2.45) is 0 Å². The molecule has 7 heteroatoms. The monoisotopic (exact) mass is 348 g/mol. The molecule has 2 heterocycles.